The summed E-state index contributed by atoms with van der Waals surface area (Å²) in [7, 11) is 2.94. The molecule has 26 heavy (non-hydrogen) atoms. The molecule has 1 N–H and O–H groups in total. The van der Waals surface area contributed by atoms with Gasteiger partial charge in [-0.1, -0.05) is 30.0 Å². The van der Waals surface area contributed by atoms with Gasteiger partial charge in [-0.25, -0.2) is 8.78 Å². The summed E-state index contributed by atoms with van der Waals surface area (Å²) in [6, 6.07) is 6.97. The Morgan fingerprint density at radius 3 is 2.42 bits per heavy atom. The molecule has 2 aromatic carbocycles. The van der Waals surface area contributed by atoms with E-state index in [4.69, 9.17) is 21.7 Å². The van der Waals surface area contributed by atoms with Gasteiger partial charge in [-0.05, 0) is 41.5 Å². The molecular weight excluding hydrogens is 380 g/mol. The summed E-state index contributed by atoms with van der Waals surface area (Å²) >= 11 is 6.12. The van der Waals surface area contributed by atoms with Gasteiger partial charge in [0.15, 0.2) is 23.1 Å². The number of thioether (sulfide) groups is 1. The Balaban J connectivity index is 2.16. The molecular formula is C18H13F2NO3S2. The van der Waals surface area contributed by atoms with Crippen molar-refractivity contribution in [2.75, 3.05) is 14.2 Å². The molecule has 0 aliphatic carbocycles. The van der Waals surface area contributed by atoms with Crippen LogP contribution in [0.25, 0.3) is 17.2 Å². The molecule has 0 radical (unpaired) electrons. The molecule has 1 aliphatic rings. The van der Waals surface area contributed by atoms with Crippen molar-refractivity contribution in [3.05, 3.63) is 52.4 Å². The minimum atomic E-state index is -0.951. The van der Waals surface area contributed by atoms with Gasteiger partial charge in [-0.3, -0.25) is 4.79 Å². The highest BCUT2D eigenvalue weighted by Gasteiger charge is 2.23. The summed E-state index contributed by atoms with van der Waals surface area (Å²) < 4.78 is 37.9. The number of thiocarbonyl (C=S) groups is 1. The van der Waals surface area contributed by atoms with E-state index >= 15 is 0 Å². The fourth-order valence-electron chi connectivity index (χ4n) is 2.51. The highest BCUT2D eigenvalue weighted by Crippen LogP contribution is 2.39. The number of carbonyl (C=O) groups is 1. The third kappa shape index (κ3) is 3.56. The zero-order valence-corrected chi connectivity index (χ0v) is 15.4. The summed E-state index contributed by atoms with van der Waals surface area (Å²) in [4.78, 5) is 12.3. The Morgan fingerprint density at radius 2 is 1.85 bits per heavy atom. The van der Waals surface area contributed by atoms with Gasteiger partial charge in [0.25, 0.3) is 5.91 Å². The Labute approximate surface area is 158 Å². The van der Waals surface area contributed by atoms with Crippen molar-refractivity contribution in [1.29, 1.82) is 0 Å². The maximum atomic E-state index is 13.6. The molecule has 1 amide bonds. The smallest absolute Gasteiger partial charge is 0.263 e. The lowest BCUT2D eigenvalue weighted by molar-refractivity contribution is -0.115. The first-order chi connectivity index (χ1) is 12.4. The first kappa shape index (κ1) is 18.3. The Bertz CT molecular complexity index is 944. The number of benzene rings is 2. The van der Waals surface area contributed by atoms with Crippen LogP contribution >= 0.6 is 24.0 Å². The predicted octanol–water partition coefficient (Wildman–Crippen LogP) is 4.14. The van der Waals surface area contributed by atoms with E-state index in [1.54, 1.807) is 18.2 Å². The van der Waals surface area contributed by atoms with Crippen molar-refractivity contribution in [3.63, 3.8) is 0 Å². The average Bonchev–Trinajstić information content (AvgIpc) is 2.93. The third-order valence-corrected chi connectivity index (χ3v) is 4.85. The normalized spacial score (nSPS) is 15.3. The van der Waals surface area contributed by atoms with Gasteiger partial charge in [0.2, 0.25) is 0 Å². The number of halogens is 2. The van der Waals surface area contributed by atoms with E-state index in [0.717, 1.165) is 23.9 Å². The zero-order valence-electron chi connectivity index (χ0n) is 13.8. The molecule has 0 bridgehead atoms. The molecule has 0 saturated carbocycles. The average molecular weight is 393 g/mol. The van der Waals surface area contributed by atoms with Crippen molar-refractivity contribution in [3.8, 4) is 22.6 Å². The number of amides is 1. The molecule has 0 unspecified atom stereocenters. The SMILES string of the molecule is COc1cc(-c2ccc(F)c(F)c2)cc(/C=C2\SC(=S)NC2=O)c1OC. The van der Waals surface area contributed by atoms with E-state index in [2.05, 4.69) is 5.32 Å². The zero-order chi connectivity index (χ0) is 18.8. The fourth-order valence-corrected chi connectivity index (χ4v) is 3.54. The molecule has 1 fully saturated rings. The second-order valence-corrected chi connectivity index (χ2v) is 7.00. The van der Waals surface area contributed by atoms with Crippen molar-refractivity contribution < 1.29 is 23.0 Å². The van der Waals surface area contributed by atoms with Gasteiger partial charge in [0, 0.05) is 5.56 Å². The van der Waals surface area contributed by atoms with Gasteiger partial charge in [0.1, 0.15) is 4.32 Å². The minimum Gasteiger partial charge on any atom is -0.493 e. The molecule has 134 valence electrons. The summed E-state index contributed by atoms with van der Waals surface area (Å²) in [5.74, 6) is -1.37. The number of methoxy groups -OCH3 is 2. The minimum absolute atomic E-state index is 0.306. The quantitative estimate of drug-likeness (QED) is 0.625. The first-order valence-corrected chi connectivity index (χ1v) is 8.61. The Hall–Kier alpha value is -2.45. The van der Waals surface area contributed by atoms with Crippen molar-refractivity contribution in [2.45, 2.75) is 0 Å². The summed E-state index contributed by atoms with van der Waals surface area (Å²) in [6.45, 7) is 0. The van der Waals surface area contributed by atoms with Crippen LogP contribution in [0, 0.1) is 11.6 Å². The molecule has 1 heterocycles. The van der Waals surface area contributed by atoms with Crippen LogP contribution in [0.5, 0.6) is 11.5 Å². The topological polar surface area (TPSA) is 47.6 Å². The second-order valence-electron chi connectivity index (χ2n) is 5.28. The van der Waals surface area contributed by atoms with Crippen LogP contribution in [-0.4, -0.2) is 24.4 Å². The lowest BCUT2D eigenvalue weighted by Crippen LogP contribution is -2.17. The number of nitrogens with one attached hydrogen (secondary N) is 1. The molecule has 3 rings (SSSR count). The van der Waals surface area contributed by atoms with Crippen LogP contribution in [0.4, 0.5) is 8.78 Å². The van der Waals surface area contributed by atoms with Gasteiger partial charge < -0.3 is 14.8 Å². The molecule has 4 nitrogen and oxygen atoms in total. The molecule has 2 aromatic rings. The van der Waals surface area contributed by atoms with E-state index in [0.29, 0.717) is 37.4 Å². The number of ether oxygens (including phenoxy) is 2. The van der Waals surface area contributed by atoms with E-state index in [9.17, 15) is 13.6 Å². The maximum Gasteiger partial charge on any atom is 0.263 e. The first-order valence-electron chi connectivity index (χ1n) is 7.39. The molecule has 1 saturated heterocycles. The maximum absolute atomic E-state index is 13.6. The highest BCUT2D eigenvalue weighted by atomic mass is 32.2. The molecule has 8 heteroatoms. The van der Waals surface area contributed by atoms with Crippen LogP contribution in [-0.2, 0) is 4.79 Å². The molecule has 0 atom stereocenters. The number of hydrogen-bond donors (Lipinski definition) is 1. The Kier molecular flexibility index (Phi) is 5.24. The van der Waals surface area contributed by atoms with Gasteiger partial charge in [-0.15, -0.1) is 0 Å². The van der Waals surface area contributed by atoms with E-state index in [1.807, 2.05) is 0 Å². The number of hydrogen-bond acceptors (Lipinski definition) is 5. The summed E-state index contributed by atoms with van der Waals surface area (Å²) in [5, 5.41) is 2.54. The summed E-state index contributed by atoms with van der Waals surface area (Å²) in [5.41, 5.74) is 1.59. The summed E-state index contributed by atoms with van der Waals surface area (Å²) in [6.07, 6.45) is 1.62. The van der Waals surface area contributed by atoms with Crippen molar-refractivity contribution in [2.24, 2.45) is 0 Å². The van der Waals surface area contributed by atoms with Crippen LogP contribution in [0.1, 0.15) is 5.56 Å². The molecule has 0 aromatic heterocycles. The number of carbonyl (C=O) groups excluding carboxylic acids is 1. The van der Waals surface area contributed by atoms with Gasteiger partial charge >= 0.3 is 0 Å². The predicted molar refractivity (Wildman–Crippen MR) is 101 cm³/mol. The van der Waals surface area contributed by atoms with Gasteiger partial charge in [0.05, 0.1) is 19.1 Å². The van der Waals surface area contributed by atoms with Crippen molar-refractivity contribution >= 4 is 40.3 Å². The fraction of sp³-hybridized carbons (Fsp3) is 0.111. The lowest BCUT2D eigenvalue weighted by Gasteiger charge is -2.14. The van der Waals surface area contributed by atoms with Crippen molar-refractivity contribution in [1.82, 2.24) is 5.32 Å². The monoisotopic (exact) mass is 393 g/mol. The second kappa shape index (κ2) is 7.43. The largest absolute Gasteiger partial charge is 0.493 e. The molecule has 0 spiro atoms. The standard InChI is InChI=1S/C18H13F2NO3S2/c1-23-14-7-10(9-3-4-12(19)13(20)6-9)5-11(16(14)24-2)8-15-17(22)21-18(25)26-15/h3-8H,1-2H3,(H,21,22,25)/b15-8-. The van der Waals surface area contributed by atoms with Gasteiger partial charge in [-0.2, -0.15) is 0 Å². The van der Waals surface area contributed by atoms with Crippen LogP contribution in [0.2, 0.25) is 0 Å². The highest BCUT2D eigenvalue weighted by molar-refractivity contribution is 8.26. The van der Waals surface area contributed by atoms with Crippen LogP contribution in [0.3, 0.4) is 0 Å². The lowest BCUT2D eigenvalue weighted by atomic mass is 10.0. The van der Waals surface area contributed by atoms with Crippen LogP contribution < -0.4 is 14.8 Å². The van der Waals surface area contributed by atoms with Crippen LogP contribution in [0.15, 0.2) is 35.2 Å². The van der Waals surface area contributed by atoms with E-state index in [1.165, 1.54) is 20.3 Å². The third-order valence-electron chi connectivity index (χ3n) is 3.69. The molecule has 1 aliphatic heterocycles. The van der Waals surface area contributed by atoms with E-state index < -0.39 is 11.6 Å². The number of rotatable bonds is 4. The van der Waals surface area contributed by atoms with E-state index in [-0.39, 0.29) is 5.91 Å². The Morgan fingerprint density at radius 1 is 1.08 bits per heavy atom.